The van der Waals surface area contributed by atoms with Gasteiger partial charge in [-0.1, -0.05) is 12.1 Å². The Hall–Kier alpha value is -2.39. The van der Waals surface area contributed by atoms with Crippen molar-refractivity contribution in [2.45, 2.75) is 13.5 Å². The van der Waals surface area contributed by atoms with Crippen LogP contribution in [-0.2, 0) is 6.54 Å². The molecule has 0 aliphatic rings. The number of fused-ring (bicyclic) bond motifs is 1. The Kier molecular flexibility index (Phi) is 3.59. The Morgan fingerprint density at radius 3 is 3.00 bits per heavy atom. The van der Waals surface area contributed by atoms with Gasteiger partial charge in [-0.15, -0.1) is 0 Å². The first-order chi connectivity index (χ1) is 10.2. The molecule has 0 unspecified atom stereocenters. The first kappa shape index (κ1) is 13.6. The van der Waals surface area contributed by atoms with Crippen LogP contribution in [0.3, 0.4) is 0 Å². The van der Waals surface area contributed by atoms with E-state index in [2.05, 4.69) is 37.3 Å². The zero-order valence-electron chi connectivity index (χ0n) is 11.3. The number of nitriles is 1. The fraction of sp³-hybridized carbons (Fsp3) is 0.133. The monoisotopic (exact) mass is 341 g/mol. The Bertz CT molecular complexity index is 847. The van der Waals surface area contributed by atoms with Crippen LogP contribution in [0.4, 0.5) is 5.69 Å². The van der Waals surface area contributed by atoms with E-state index in [9.17, 15) is 5.26 Å². The molecule has 3 aromatic rings. The molecule has 0 fully saturated rings. The number of nitrogens with one attached hydrogen (secondary N) is 1. The zero-order valence-corrected chi connectivity index (χ0v) is 12.9. The molecule has 3 rings (SSSR count). The molecule has 104 valence electrons. The van der Waals surface area contributed by atoms with Crippen LogP contribution in [0, 0.1) is 18.3 Å². The number of aromatic nitrogens is 3. The topological polar surface area (TPSA) is 66.0 Å². The smallest absolute Gasteiger partial charge is 0.155 e. The molecule has 21 heavy (non-hydrogen) atoms. The number of hydrogen-bond donors (Lipinski definition) is 1. The molecular formula is C15H12BrN5. The van der Waals surface area contributed by atoms with Gasteiger partial charge in [-0.2, -0.15) is 5.26 Å². The average molecular weight is 342 g/mol. The van der Waals surface area contributed by atoms with E-state index in [0.29, 0.717) is 12.1 Å². The summed E-state index contributed by atoms with van der Waals surface area (Å²) < 4.78 is 2.72. The average Bonchev–Trinajstić information content (AvgIpc) is 2.87. The van der Waals surface area contributed by atoms with Gasteiger partial charge >= 0.3 is 0 Å². The van der Waals surface area contributed by atoms with Crippen LogP contribution < -0.4 is 5.32 Å². The van der Waals surface area contributed by atoms with Gasteiger partial charge in [0.25, 0.3) is 0 Å². The molecule has 1 N–H and O–H groups in total. The van der Waals surface area contributed by atoms with E-state index in [1.54, 1.807) is 12.4 Å². The van der Waals surface area contributed by atoms with Gasteiger partial charge in [0.15, 0.2) is 5.65 Å². The highest BCUT2D eigenvalue weighted by Crippen LogP contribution is 2.19. The summed E-state index contributed by atoms with van der Waals surface area (Å²) in [6.07, 6.45) is 5.39. The van der Waals surface area contributed by atoms with Crippen LogP contribution in [0.2, 0.25) is 0 Å². The van der Waals surface area contributed by atoms with E-state index < -0.39 is 0 Å². The summed E-state index contributed by atoms with van der Waals surface area (Å²) in [4.78, 5) is 8.45. The molecule has 5 nitrogen and oxygen atoms in total. The number of hydrogen-bond acceptors (Lipinski definition) is 4. The minimum absolute atomic E-state index is 0.579. The Labute approximate surface area is 130 Å². The summed E-state index contributed by atoms with van der Waals surface area (Å²) in [5, 5.41) is 12.5. The van der Waals surface area contributed by atoms with Crippen molar-refractivity contribution in [3.63, 3.8) is 0 Å². The van der Waals surface area contributed by atoms with Gasteiger partial charge in [-0.3, -0.25) is 4.40 Å². The van der Waals surface area contributed by atoms with Crippen molar-refractivity contribution in [2.24, 2.45) is 0 Å². The van der Waals surface area contributed by atoms with Crippen molar-refractivity contribution in [3.05, 3.63) is 58.2 Å². The highest BCUT2D eigenvalue weighted by atomic mass is 79.9. The third kappa shape index (κ3) is 2.60. The number of imidazole rings is 1. The number of nitrogens with zero attached hydrogens (tertiary/aromatic N) is 4. The minimum Gasteiger partial charge on any atom is -0.378 e. The summed E-state index contributed by atoms with van der Waals surface area (Å²) in [5.74, 6) is 0. The van der Waals surface area contributed by atoms with Gasteiger partial charge in [0.2, 0.25) is 0 Å². The van der Waals surface area contributed by atoms with Gasteiger partial charge in [0.05, 0.1) is 35.9 Å². The van der Waals surface area contributed by atoms with Crippen molar-refractivity contribution in [1.29, 1.82) is 5.26 Å². The Morgan fingerprint density at radius 1 is 1.33 bits per heavy atom. The molecule has 0 amide bonds. The largest absolute Gasteiger partial charge is 0.378 e. The van der Waals surface area contributed by atoms with Gasteiger partial charge in [-0.25, -0.2) is 9.97 Å². The van der Waals surface area contributed by atoms with Gasteiger partial charge < -0.3 is 5.32 Å². The molecule has 2 heterocycles. The molecule has 1 aromatic carbocycles. The number of benzene rings is 1. The lowest BCUT2D eigenvalue weighted by Crippen LogP contribution is -2.05. The third-order valence-corrected chi connectivity index (χ3v) is 3.70. The standard InChI is InChI=1S/C15H12BrN5/c1-10-3-2-4-13(12(10)5-17)18-6-11-7-20-15-8-19-14(16)9-21(11)15/h2-4,7-9,18H,6H2,1H3. The Balaban J connectivity index is 1.89. The lowest BCUT2D eigenvalue weighted by molar-refractivity contribution is 0.982. The maximum Gasteiger partial charge on any atom is 0.155 e. The second-order valence-corrected chi connectivity index (χ2v) is 5.46. The van der Waals surface area contributed by atoms with E-state index in [-0.39, 0.29) is 0 Å². The summed E-state index contributed by atoms with van der Waals surface area (Å²) in [6.45, 7) is 2.51. The Morgan fingerprint density at radius 2 is 2.19 bits per heavy atom. The van der Waals surface area contributed by atoms with Crippen molar-refractivity contribution >= 4 is 27.3 Å². The molecule has 0 bridgehead atoms. The molecule has 0 aliphatic carbocycles. The second kappa shape index (κ2) is 5.54. The first-order valence-electron chi connectivity index (χ1n) is 6.40. The van der Waals surface area contributed by atoms with Gasteiger partial charge in [0, 0.05) is 6.20 Å². The van der Waals surface area contributed by atoms with Crippen molar-refractivity contribution in [3.8, 4) is 6.07 Å². The predicted molar refractivity (Wildman–Crippen MR) is 83.9 cm³/mol. The lowest BCUT2D eigenvalue weighted by atomic mass is 10.1. The van der Waals surface area contributed by atoms with E-state index in [4.69, 9.17) is 0 Å². The SMILES string of the molecule is Cc1cccc(NCc2cnc3cnc(Br)cn23)c1C#N. The van der Waals surface area contributed by atoms with Gasteiger partial charge in [0.1, 0.15) is 10.7 Å². The normalized spacial score (nSPS) is 10.5. The fourth-order valence-corrected chi connectivity index (χ4v) is 2.50. The maximum atomic E-state index is 9.24. The highest BCUT2D eigenvalue weighted by molar-refractivity contribution is 9.10. The summed E-state index contributed by atoms with van der Waals surface area (Å²) in [6, 6.07) is 8.02. The number of rotatable bonds is 3. The van der Waals surface area contributed by atoms with Crippen molar-refractivity contribution in [1.82, 2.24) is 14.4 Å². The molecular weight excluding hydrogens is 330 g/mol. The molecule has 2 aromatic heterocycles. The van der Waals surface area contributed by atoms with Gasteiger partial charge in [-0.05, 0) is 34.5 Å². The third-order valence-electron chi connectivity index (χ3n) is 3.29. The van der Waals surface area contributed by atoms with Crippen molar-refractivity contribution in [2.75, 3.05) is 5.32 Å². The molecule has 0 spiro atoms. The van der Waals surface area contributed by atoms with Crippen LogP contribution >= 0.6 is 15.9 Å². The van der Waals surface area contributed by atoms with E-state index in [1.165, 1.54) is 0 Å². The molecule has 0 saturated carbocycles. The summed E-state index contributed by atoms with van der Waals surface area (Å²) in [7, 11) is 0. The van der Waals surface area contributed by atoms with Crippen LogP contribution in [0.5, 0.6) is 0 Å². The second-order valence-electron chi connectivity index (χ2n) is 4.65. The van der Waals surface area contributed by atoms with Crippen molar-refractivity contribution < 1.29 is 0 Å². The molecule has 0 saturated heterocycles. The van der Waals surface area contributed by atoms with Crippen LogP contribution in [0.25, 0.3) is 5.65 Å². The van der Waals surface area contributed by atoms with E-state index in [0.717, 1.165) is 27.2 Å². The predicted octanol–water partition coefficient (Wildman–Crippen LogP) is 3.28. The maximum absolute atomic E-state index is 9.24. The van der Waals surface area contributed by atoms with E-state index >= 15 is 0 Å². The fourth-order valence-electron chi connectivity index (χ4n) is 2.20. The molecule has 6 heteroatoms. The molecule has 0 atom stereocenters. The highest BCUT2D eigenvalue weighted by Gasteiger charge is 2.07. The summed E-state index contributed by atoms with van der Waals surface area (Å²) in [5.41, 5.74) is 4.26. The number of anilines is 1. The first-order valence-corrected chi connectivity index (χ1v) is 7.19. The molecule has 0 aliphatic heterocycles. The zero-order chi connectivity index (χ0) is 14.8. The number of aryl methyl sites for hydroxylation is 1. The van der Waals surface area contributed by atoms with Crippen LogP contribution in [0.15, 0.2) is 41.4 Å². The van der Waals surface area contributed by atoms with E-state index in [1.807, 2.05) is 35.7 Å². The quantitative estimate of drug-likeness (QED) is 0.793. The number of halogens is 1. The minimum atomic E-state index is 0.579. The lowest BCUT2D eigenvalue weighted by Gasteiger charge is -2.09. The van der Waals surface area contributed by atoms with Crippen LogP contribution in [-0.4, -0.2) is 14.4 Å². The molecule has 0 radical (unpaired) electrons. The van der Waals surface area contributed by atoms with Crippen LogP contribution in [0.1, 0.15) is 16.8 Å². The summed E-state index contributed by atoms with van der Waals surface area (Å²) >= 11 is 3.36.